The molecule has 2 N–H and O–H groups in total. The Bertz CT molecular complexity index is 455. The van der Waals surface area contributed by atoms with Crippen LogP contribution >= 0.6 is 12.2 Å². The SMILES string of the molecule is S=C1NCC(=C[c-]2[c-][c-][c-][c-]2)N1.[Fe].[c-]1[c-][c-][cH-][c-]1. The van der Waals surface area contributed by atoms with Gasteiger partial charge in [0, 0.05) is 17.1 Å². The Balaban J connectivity index is 0.000000230. The van der Waals surface area contributed by atoms with Crippen LogP contribution in [-0.4, -0.2) is 11.7 Å². The Morgan fingerprint density at radius 2 is 1.83 bits per heavy atom. The van der Waals surface area contributed by atoms with Crippen LogP contribution in [-0.2, 0) is 17.1 Å². The van der Waals surface area contributed by atoms with Crippen molar-refractivity contribution in [3.8, 4) is 0 Å². The molecule has 1 aliphatic rings. The molecule has 1 aliphatic heterocycles. The normalized spacial score (nSPS) is 15.1. The first-order valence-electron chi connectivity index (χ1n) is 4.82. The van der Waals surface area contributed by atoms with Gasteiger partial charge in [-0.3, -0.25) is 0 Å². The van der Waals surface area contributed by atoms with Crippen LogP contribution in [0.2, 0.25) is 0 Å². The predicted octanol–water partition coefficient (Wildman–Crippen LogP) is 1.03. The Kier molecular flexibility index (Phi) is 6.44. The second kappa shape index (κ2) is 7.88. The predicted molar refractivity (Wildman–Crippen MR) is 66.5 cm³/mol. The molecule has 0 bridgehead atoms. The van der Waals surface area contributed by atoms with E-state index in [1.54, 1.807) is 6.07 Å². The fourth-order valence-electron chi connectivity index (χ4n) is 1.15. The second-order valence-corrected chi connectivity index (χ2v) is 3.48. The molecule has 0 amide bonds. The van der Waals surface area contributed by atoms with E-state index in [4.69, 9.17) is 12.2 Å². The maximum atomic E-state index is 4.89. The van der Waals surface area contributed by atoms with Crippen molar-refractivity contribution in [2.24, 2.45) is 0 Å². The van der Waals surface area contributed by atoms with Crippen molar-refractivity contribution >= 4 is 23.4 Å². The molecule has 2 aromatic carbocycles. The molecule has 2 nitrogen and oxygen atoms in total. The minimum atomic E-state index is 0. The molecule has 4 heteroatoms. The molecule has 0 aliphatic carbocycles. The summed E-state index contributed by atoms with van der Waals surface area (Å²) in [5, 5.41) is 6.66. The maximum Gasteiger partial charge on any atom is 0.143 e. The zero-order chi connectivity index (χ0) is 11.9. The van der Waals surface area contributed by atoms with Gasteiger partial charge in [-0.15, -0.1) is 0 Å². The third kappa shape index (κ3) is 4.88. The smallest absolute Gasteiger partial charge is 0.143 e. The van der Waals surface area contributed by atoms with Crippen LogP contribution in [0.15, 0.2) is 11.8 Å². The number of hydrogen-bond acceptors (Lipinski definition) is 1. The number of thiocarbonyl (C=S) groups is 1. The van der Waals surface area contributed by atoms with Crippen molar-refractivity contribution in [1.82, 2.24) is 10.6 Å². The molecule has 0 saturated carbocycles. The van der Waals surface area contributed by atoms with Gasteiger partial charge in [-0.1, -0.05) is 6.54 Å². The number of hydrogen-bond donors (Lipinski definition) is 2. The van der Waals surface area contributed by atoms with Crippen molar-refractivity contribution in [2.75, 3.05) is 6.54 Å². The topological polar surface area (TPSA) is 24.1 Å². The van der Waals surface area contributed by atoms with Gasteiger partial charge in [-0.25, -0.2) is 0 Å². The van der Waals surface area contributed by atoms with E-state index in [2.05, 4.69) is 59.2 Å². The van der Waals surface area contributed by atoms with Crippen LogP contribution in [0.5, 0.6) is 0 Å². The summed E-state index contributed by atoms with van der Waals surface area (Å²) in [5.41, 5.74) is 1.88. The van der Waals surface area contributed by atoms with Crippen LogP contribution < -0.4 is 10.6 Å². The Hall–Kier alpha value is -1.35. The van der Waals surface area contributed by atoms with Crippen LogP contribution in [0.4, 0.5) is 0 Å². The van der Waals surface area contributed by atoms with Crippen molar-refractivity contribution in [3.63, 3.8) is 0 Å². The van der Waals surface area contributed by atoms with Crippen molar-refractivity contribution in [2.45, 2.75) is 0 Å². The van der Waals surface area contributed by atoms with Gasteiger partial charge in [0.1, 0.15) is 5.11 Å². The quantitative estimate of drug-likeness (QED) is 0.466. The van der Waals surface area contributed by atoms with Gasteiger partial charge >= 0.3 is 0 Å². The van der Waals surface area contributed by atoms with E-state index in [0.29, 0.717) is 5.11 Å². The van der Waals surface area contributed by atoms with Gasteiger partial charge in [0.2, 0.25) is 0 Å². The van der Waals surface area contributed by atoms with Gasteiger partial charge < -0.3 is 82.6 Å². The van der Waals surface area contributed by atoms with E-state index in [0.717, 1.165) is 17.8 Å². The van der Waals surface area contributed by atoms with Gasteiger partial charge in [-0.2, -0.15) is 0 Å². The molecule has 0 spiro atoms. The first-order valence-corrected chi connectivity index (χ1v) is 5.22. The Morgan fingerprint density at radius 3 is 2.28 bits per heavy atom. The van der Waals surface area contributed by atoms with E-state index in [-0.39, 0.29) is 17.1 Å². The van der Waals surface area contributed by atoms with Crippen LogP contribution in [0.1, 0.15) is 5.56 Å². The van der Waals surface area contributed by atoms with E-state index in [9.17, 15) is 0 Å². The standard InChI is InChI=1S/C9H5N2S.C5H.Fe/c12-9-10-6-8(11-9)5-7-3-1-2-4-7;1-2-4-5-3-1;/h5H,6H2,(H2,10,11,12);1H;/q2*-5;. The summed E-state index contributed by atoms with van der Waals surface area (Å²) in [4.78, 5) is 0. The molecule has 0 radical (unpaired) electrons. The van der Waals surface area contributed by atoms with Crippen molar-refractivity contribution in [1.29, 1.82) is 0 Å². The average Bonchev–Trinajstić information content (AvgIpc) is 3.02. The summed E-state index contributed by atoms with van der Waals surface area (Å²) in [6.07, 6.45) is 1.92. The molecule has 3 rings (SSSR count). The third-order valence-electron chi connectivity index (χ3n) is 1.84. The molecule has 1 saturated heterocycles. The van der Waals surface area contributed by atoms with Crippen LogP contribution in [0.3, 0.4) is 0 Å². The molecule has 2 aromatic rings. The maximum absolute atomic E-state index is 4.89. The summed E-state index contributed by atoms with van der Waals surface area (Å²) in [7, 11) is 0. The van der Waals surface area contributed by atoms with E-state index < -0.39 is 0 Å². The number of nitrogens with one attached hydrogen (secondary N) is 2. The van der Waals surface area contributed by atoms with Crippen molar-refractivity contribution in [3.05, 3.63) is 65.9 Å². The summed E-state index contributed by atoms with van der Waals surface area (Å²) < 4.78 is 0. The Morgan fingerprint density at radius 1 is 1.17 bits per heavy atom. The van der Waals surface area contributed by atoms with Gasteiger partial charge in [0.05, 0.1) is 0 Å². The first kappa shape index (κ1) is 14.7. The first-order chi connectivity index (χ1) is 8.34. The summed E-state index contributed by atoms with van der Waals surface area (Å²) >= 11 is 4.89. The van der Waals surface area contributed by atoms with Crippen molar-refractivity contribution < 1.29 is 17.1 Å². The monoisotopic (exact) mass is 290 g/mol. The number of rotatable bonds is 1. The fraction of sp³-hybridized carbons (Fsp3) is 0.0714. The summed E-state index contributed by atoms with van der Waals surface area (Å²) in [6.45, 7) is 0.742. The van der Waals surface area contributed by atoms with Crippen LogP contribution in [0.25, 0.3) is 6.08 Å². The molecule has 1 fully saturated rings. The van der Waals surface area contributed by atoms with E-state index in [1.807, 2.05) is 6.08 Å². The second-order valence-electron chi connectivity index (χ2n) is 3.07. The third-order valence-corrected chi connectivity index (χ3v) is 2.09. The average molecular weight is 290 g/mol. The molecule has 0 unspecified atom stereocenters. The fourth-order valence-corrected chi connectivity index (χ4v) is 1.36. The molecular formula is C14H6FeN2S-10. The minimum Gasteiger partial charge on any atom is -0.999 e. The van der Waals surface area contributed by atoms with Gasteiger partial charge in [0.25, 0.3) is 0 Å². The molecular weight excluding hydrogens is 284 g/mol. The van der Waals surface area contributed by atoms with Gasteiger partial charge in [0.15, 0.2) is 0 Å². The van der Waals surface area contributed by atoms with Gasteiger partial charge in [-0.05, 0) is 12.2 Å². The minimum absolute atomic E-state index is 0. The molecule has 1 heterocycles. The summed E-state index contributed by atoms with van der Waals surface area (Å²) in [5.74, 6) is 0. The zero-order valence-electron chi connectivity index (χ0n) is 9.12. The molecule has 0 atom stereocenters. The molecule has 96 valence electrons. The van der Waals surface area contributed by atoms with E-state index >= 15 is 0 Å². The Labute approximate surface area is 123 Å². The van der Waals surface area contributed by atoms with Crippen LogP contribution in [0, 0.1) is 48.5 Å². The summed E-state index contributed by atoms with van der Waals surface area (Å²) in [6, 6.07) is 23.1. The molecule has 0 aromatic heterocycles. The largest absolute Gasteiger partial charge is 0.999 e. The van der Waals surface area contributed by atoms with E-state index in [1.165, 1.54) is 0 Å². The zero-order valence-corrected chi connectivity index (χ0v) is 11.0. The molecule has 18 heavy (non-hydrogen) atoms.